The first kappa shape index (κ1) is 13.3. The average molecular weight is 282 g/mol. The SMILES string of the molecule is Cc1cccc2[nH]c(=O)n(C[C@@H](S)CS)c(=O)c12. The molecular formula is C12H14N2O2S2. The molecular weight excluding hydrogens is 268 g/mol. The minimum absolute atomic E-state index is 0.131. The number of rotatable bonds is 3. The minimum atomic E-state index is -0.404. The second-order valence-corrected chi connectivity index (χ2v) is 5.28. The first-order chi connectivity index (χ1) is 8.54. The van der Waals surface area contributed by atoms with E-state index < -0.39 is 5.69 Å². The van der Waals surface area contributed by atoms with Gasteiger partial charge in [0, 0.05) is 17.5 Å². The molecule has 0 amide bonds. The van der Waals surface area contributed by atoms with E-state index in [1.54, 1.807) is 6.07 Å². The van der Waals surface area contributed by atoms with Gasteiger partial charge in [-0.05, 0) is 18.6 Å². The Labute approximate surface area is 115 Å². The van der Waals surface area contributed by atoms with Crippen molar-refractivity contribution in [2.75, 3.05) is 5.75 Å². The van der Waals surface area contributed by atoms with Crippen molar-refractivity contribution in [3.8, 4) is 0 Å². The summed E-state index contributed by atoms with van der Waals surface area (Å²) in [6, 6.07) is 5.39. The number of hydrogen-bond donors (Lipinski definition) is 3. The van der Waals surface area contributed by atoms with Crippen molar-refractivity contribution in [2.45, 2.75) is 18.7 Å². The van der Waals surface area contributed by atoms with Crippen LogP contribution in [0.2, 0.25) is 0 Å². The van der Waals surface area contributed by atoms with E-state index in [1.807, 2.05) is 19.1 Å². The number of thiol groups is 2. The molecule has 1 aromatic carbocycles. The zero-order valence-corrected chi connectivity index (χ0v) is 11.7. The highest BCUT2D eigenvalue weighted by Gasteiger charge is 2.11. The van der Waals surface area contributed by atoms with Crippen LogP contribution in [0, 0.1) is 6.92 Å². The monoisotopic (exact) mass is 282 g/mol. The molecule has 0 unspecified atom stereocenters. The summed E-state index contributed by atoms with van der Waals surface area (Å²) in [6.07, 6.45) is 0. The highest BCUT2D eigenvalue weighted by atomic mass is 32.1. The van der Waals surface area contributed by atoms with Gasteiger partial charge in [-0.1, -0.05) is 12.1 Å². The van der Waals surface area contributed by atoms with Crippen LogP contribution in [0.1, 0.15) is 5.56 Å². The molecule has 96 valence electrons. The number of hydrogen-bond acceptors (Lipinski definition) is 4. The Morgan fingerprint density at radius 1 is 1.39 bits per heavy atom. The minimum Gasteiger partial charge on any atom is -0.307 e. The third-order valence-electron chi connectivity index (χ3n) is 2.82. The summed E-state index contributed by atoms with van der Waals surface area (Å²) in [5.74, 6) is 0.501. The van der Waals surface area contributed by atoms with Crippen molar-refractivity contribution in [1.82, 2.24) is 9.55 Å². The number of benzene rings is 1. The summed E-state index contributed by atoms with van der Waals surface area (Å²) < 4.78 is 1.18. The lowest BCUT2D eigenvalue weighted by atomic mass is 10.1. The quantitative estimate of drug-likeness (QED) is 0.742. The summed E-state index contributed by atoms with van der Waals surface area (Å²) in [5, 5.41) is 0.422. The highest BCUT2D eigenvalue weighted by Crippen LogP contribution is 2.10. The molecule has 0 aliphatic carbocycles. The van der Waals surface area contributed by atoms with E-state index in [2.05, 4.69) is 30.2 Å². The topological polar surface area (TPSA) is 54.9 Å². The molecule has 1 aromatic heterocycles. The van der Waals surface area contributed by atoms with Crippen LogP contribution < -0.4 is 11.2 Å². The number of aromatic nitrogens is 2. The Morgan fingerprint density at radius 3 is 2.78 bits per heavy atom. The fourth-order valence-electron chi connectivity index (χ4n) is 1.90. The van der Waals surface area contributed by atoms with E-state index in [4.69, 9.17) is 0 Å². The number of H-pyrrole nitrogens is 1. The number of aromatic amines is 1. The Kier molecular flexibility index (Phi) is 3.87. The average Bonchev–Trinajstić information content (AvgIpc) is 2.33. The second-order valence-electron chi connectivity index (χ2n) is 4.18. The third kappa shape index (κ3) is 2.35. The fraction of sp³-hybridized carbons (Fsp3) is 0.333. The van der Waals surface area contributed by atoms with Crippen molar-refractivity contribution in [2.24, 2.45) is 0 Å². The van der Waals surface area contributed by atoms with E-state index in [1.165, 1.54) is 4.57 Å². The maximum Gasteiger partial charge on any atom is 0.328 e. The molecule has 0 bridgehead atoms. The molecule has 1 N–H and O–H groups in total. The van der Waals surface area contributed by atoms with Gasteiger partial charge in [-0.15, -0.1) is 0 Å². The molecule has 0 fully saturated rings. The zero-order chi connectivity index (χ0) is 13.3. The molecule has 0 spiro atoms. The van der Waals surface area contributed by atoms with Gasteiger partial charge < -0.3 is 4.98 Å². The van der Waals surface area contributed by atoms with E-state index in [0.717, 1.165) is 5.56 Å². The Morgan fingerprint density at radius 2 is 2.11 bits per heavy atom. The van der Waals surface area contributed by atoms with Gasteiger partial charge in [-0.2, -0.15) is 25.3 Å². The molecule has 0 radical (unpaired) electrons. The van der Waals surface area contributed by atoms with E-state index in [-0.39, 0.29) is 17.4 Å². The first-order valence-corrected chi connectivity index (χ1v) is 6.71. The van der Waals surface area contributed by atoms with Crippen LogP contribution in [0.25, 0.3) is 10.9 Å². The standard InChI is InChI=1S/C12H14N2O2S2/c1-7-3-2-4-9-10(7)11(15)14(12(16)13-9)5-8(18)6-17/h2-4,8,17-18H,5-6H2,1H3,(H,13,16)/t8-/m1/s1. The molecule has 0 aliphatic heterocycles. The Balaban J connectivity index is 2.72. The molecule has 2 aromatic rings. The molecule has 0 saturated carbocycles. The molecule has 2 rings (SSSR count). The third-order valence-corrected chi connectivity index (χ3v) is 3.90. The van der Waals surface area contributed by atoms with Gasteiger partial charge in [0.25, 0.3) is 5.56 Å². The molecule has 1 atom stereocenters. The van der Waals surface area contributed by atoms with Gasteiger partial charge in [-0.3, -0.25) is 9.36 Å². The van der Waals surface area contributed by atoms with Crippen LogP contribution in [0.15, 0.2) is 27.8 Å². The van der Waals surface area contributed by atoms with Crippen LogP contribution in [0.3, 0.4) is 0 Å². The Bertz CT molecular complexity index is 691. The van der Waals surface area contributed by atoms with Gasteiger partial charge in [-0.25, -0.2) is 4.79 Å². The van der Waals surface area contributed by atoms with E-state index in [9.17, 15) is 9.59 Å². The van der Waals surface area contributed by atoms with Crippen molar-refractivity contribution in [3.63, 3.8) is 0 Å². The predicted molar refractivity (Wildman–Crippen MR) is 80.2 cm³/mol. The number of aryl methyl sites for hydroxylation is 1. The lowest BCUT2D eigenvalue weighted by molar-refractivity contribution is 0.639. The second kappa shape index (κ2) is 5.24. The summed E-state index contributed by atoms with van der Waals surface area (Å²) in [7, 11) is 0. The van der Waals surface area contributed by atoms with Gasteiger partial charge >= 0.3 is 5.69 Å². The zero-order valence-electron chi connectivity index (χ0n) is 9.88. The van der Waals surface area contributed by atoms with Gasteiger partial charge in [0.15, 0.2) is 0 Å². The molecule has 0 saturated heterocycles. The maximum atomic E-state index is 12.3. The number of nitrogens with zero attached hydrogens (tertiary/aromatic N) is 1. The normalized spacial score (nSPS) is 12.8. The summed E-state index contributed by atoms with van der Waals surface area (Å²) in [4.78, 5) is 26.9. The summed E-state index contributed by atoms with van der Waals surface area (Å²) in [5.41, 5.74) is 0.749. The molecule has 0 aliphatic rings. The van der Waals surface area contributed by atoms with Crippen molar-refractivity contribution in [1.29, 1.82) is 0 Å². The van der Waals surface area contributed by atoms with E-state index in [0.29, 0.717) is 16.7 Å². The summed E-state index contributed by atoms with van der Waals surface area (Å²) >= 11 is 8.37. The van der Waals surface area contributed by atoms with Crippen LogP contribution in [-0.4, -0.2) is 20.6 Å². The number of fused-ring (bicyclic) bond motifs is 1. The highest BCUT2D eigenvalue weighted by molar-refractivity contribution is 7.84. The van der Waals surface area contributed by atoms with E-state index >= 15 is 0 Å². The number of nitrogens with one attached hydrogen (secondary N) is 1. The largest absolute Gasteiger partial charge is 0.328 e. The smallest absolute Gasteiger partial charge is 0.307 e. The molecule has 6 heteroatoms. The summed E-state index contributed by atoms with van der Waals surface area (Å²) in [6.45, 7) is 2.11. The lowest BCUT2D eigenvalue weighted by Gasteiger charge is -2.10. The fourth-order valence-corrected chi connectivity index (χ4v) is 2.18. The maximum absolute atomic E-state index is 12.3. The lowest BCUT2D eigenvalue weighted by Crippen LogP contribution is -2.38. The van der Waals surface area contributed by atoms with Crippen LogP contribution in [0.5, 0.6) is 0 Å². The molecule has 4 nitrogen and oxygen atoms in total. The van der Waals surface area contributed by atoms with Crippen molar-refractivity contribution < 1.29 is 0 Å². The van der Waals surface area contributed by atoms with Crippen molar-refractivity contribution in [3.05, 3.63) is 44.6 Å². The van der Waals surface area contributed by atoms with Crippen LogP contribution in [-0.2, 0) is 6.54 Å². The van der Waals surface area contributed by atoms with Gasteiger partial charge in [0.1, 0.15) is 0 Å². The first-order valence-electron chi connectivity index (χ1n) is 5.56. The Hall–Kier alpha value is -1.14. The molecule has 1 heterocycles. The van der Waals surface area contributed by atoms with Crippen LogP contribution >= 0.6 is 25.3 Å². The van der Waals surface area contributed by atoms with Crippen LogP contribution in [0.4, 0.5) is 0 Å². The molecule has 18 heavy (non-hydrogen) atoms. The van der Waals surface area contributed by atoms with Crippen molar-refractivity contribution >= 4 is 36.2 Å². The van der Waals surface area contributed by atoms with Gasteiger partial charge in [0.2, 0.25) is 0 Å². The predicted octanol–water partition coefficient (Wildman–Crippen LogP) is 1.23. The van der Waals surface area contributed by atoms with Gasteiger partial charge in [0.05, 0.1) is 10.9 Å².